The number of nitrogens with two attached hydrogens (primary N) is 1. The SMILES string of the molecule is N=C(N)SC(=O)c1cc2cnccc2o1. The molecule has 0 fully saturated rings. The molecule has 0 aliphatic carbocycles. The Morgan fingerprint density at radius 1 is 1.60 bits per heavy atom. The largest absolute Gasteiger partial charge is 0.452 e. The second kappa shape index (κ2) is 3.74. The molecule has 2 rings (SSSR count). The number of nitrogens with one attached hydrogen (secondary N) is 1. The quantitative estimate of drug-likeness (QED) is 0.563. The Balaban J connectivity index is 2.36. The van der Waals surface area contributed by atoms with Gasteiger partial charge < -0.3 is 10.2 Å². The topological polar surface area (TPSA) is 93.0 Å². The summed E-state index contributed by atoms with van der Waals surface area (Å²) in [6.07, 6.45) is 3.19. The summed E-state index contributed by atoms with van der Waals surface area (Å²) in [5, 5.41) is 7.10. The molecule has 0 spiro atoms. The molecule has 2 aromatic heterocycles. The van der Waals surface area contributed by atoms with Crippen LogP contribution in [0.1, 0.15) is 10.6 Å². The Kier molecular flexibility index (Phi) is 2.42. The second-order valence-corrected chi connectivity index (χ2v) is 3.79. The van der Waals surface area contributed by atoms with E-state index in [-0.39, 0.29) is 16.0 Å². The van der Waals surface area contributed by atoms with E-state index in [0.29, 0.717) is 17.3 Å². The first-order chi connectivity index (χ1) is 7.16. The summed E-state index contributed by atoms with van der Waals surface area (Å²) in [6, 6.07) is 3.26. The van der Waals surface area contributed by atoms with E-state index in [2.05, 4.69) is 4.98 Å². The van der Waals surface area contributed by atoms with Gasteiger partial charge in [0.25, 0.3) is 5.12 Å². The average molecular weight is 221 g/mol. The van der Waals surface area contributed by atoms with E-state index in [1.54, 1.807) is 24.5 Å². The third kappa shape index (κ3) is 1.99. The highest BCUT2D eigenvalue weighted by Crippen LogP contribution is 2.21. The number of fused-ring (bicyclic) bond motifs is 1. The summed E-state index contributed by atoms with van der Waals surface area (Å²) >= 11 is 0.631. The van der Waals surface area contributed by atoms with Crippen LogP contribution in [0.2, 0.25) is 0 Å². The second-order valence-electron chi connectivity index (χ2n) is 2.78. The maximum atomic E-state index is 11.5. The van der Waals surface area contributed by atoms with Crippen LogP contribution in [0, 0.1) is 5.41 Å². The molecule has 6 heteroatoms. The van der Waals surface area contributed by atoms with E-state index in [0.717, 1.165) is 5.39 Å². The van der Waals surface area contributed by atoms with Crippen molar-refractivity contribution in [1.29, 1.82) is 5.41 Å². The molecule has 0 saturated carbocycles. The normalized spacial score (nSPS) is 10.4. The fourth-order valence-corrected chi connectivity index (χ4v) is 1.54. The number of carbonyl (C=O) groups excluding carboxylic acids is 1. The smallest absolute Gasteiger partial charge is 0.262 e. The number of hydrogen-bond donors (Lipinski definition) is 2. The standard InChI is InChI=1S/C9H7N3O2S/c10-9(11)15-8(13)7-3-5-4-12-2-1-6(5)14-7/h1-4H,(H3,10,11). The van der Waals surface area contributed by atoms with Crippen molar-refractivity contribution in [2.45, 2.75) is 0 Å². The highest BCUT2D eigenvalue weighted by atomic mass is 32.2. The zero-order valence-corrected chi connectivity index (χ0v) is 8.38. The molecule has 0 saturated heterocycles. The summed E-state index contributed by atoms with van der Waals surface area (Å²) in [6.45, 7) is 0. The molecule has 3 N–H and O–H groups in total. The van der Waals surface area contributed by atoms with Crippen LogP contribution < -0.4 is 5.73 Å². The molecule has 76 valence electrons. The van der Waals surface area contributed by atoms with Gasteiger partial charge in [-0.15, -0.1) is 0 Å². The molecule has 0 atom stereocenters. The van der Waals surface area contributed by atoms with E-state index in [1.807, 2.05) is 0 Å². The lowest BCUT2D eigenvalue weighted by molar-refractivity contribution is 0.106. The van der Waals surface area contributed by atoms with Crippen molar-refractivity contribution >= 4 is 33.0 Å². The minimum atomic E-state index is -0.376. The summed E-state index contributed by atoms with van der Waals surface area (Å²) in [5.74, 6) is 0.179. The van der Waals surface area contributed by atoms with E-state index in [1.165, 1.54) is 0 Å². The number of pyridine rings is 1. The van der Waals surface area contributed by atoms with Crippen molar-refractivity contribution in [1.82, 2.24) is 4.98 Å². The van der Waals surface area contributed by atoms with Crippen LogP contribution in [-0.4, -0.2) is 15.3 Å². The molecule has 0 aromatic carbocycles. The number of aromatic nitrogens is 1. The minimum absolute atomic E-state index is 0.179. The number of rotatable bonds is 1. The lowest BCUT2D eigenvalue weighted by Crippen LogP contribution is -2.07. The molecule has 5 nitrogen and oxygen atoms in total. The molecule has 0 unspecified atom stereocenters. The highest BCUT2D eigenvalue weighted by Gasteiger charge is 2.13. The van der Waals surface area contributed by atoms with Gasteiger partial charge in [-0.3, -0.25) is 15.2 Å². The first-order valence-electron chi connectivity index (χ1n) is 4.06. The Morgan fingerprint density at radius 3 is 3.07 bits per heavy atom. The van der Waals surface area contributed by atoms with Crippen LogP contribution >= 0.6 is 11.8 Å². The molecule has 0 bridgehead atoms. The monoisotopic (exact) mass is 221 g/mol. The van der Waals surface area contributed by atoms with Gasteiger partial charge in [-0.2, -0.15) is 0 Å². The van der Waals surface area contributed by atoms with E-state index in [9.17, 15) is 4.79 Å². The highest BCUT2D eigenvalue weighted by molar-refractivity contribution is 8.26. The van der Waals surface area contributed by atoms with Gasteiger partial charge in [0.2, 0.25) is 0 Å². The molecule has 0 radical (unpaired) electrons. The molecular weight excluding hydrogens is 214 g/mol. The van der Waals surface area contributed by atoms with Crippen LogP contribution in [0.4, 0.5) is 0 Å². The van der Waals surface area contributed by atoms with Crippen molar-refractivity contribution < 1.29 is 9.21 Å². The molecule has 15 heavy (non-hydrogen) atoms. The van der Waals surface area contributed by atoms with Gasteiger partial charge in [0.1, 0.15) is 5.58 Å². The third-order valence-corrected chi connectivity index (χ3v) is 2.33. The first-order valence-corrected chi connectivity index (χ1v) is 4.88. The number of thioether (sulfide) groups is 1. The molecule has 2 aromatic rings. The van der Waals surface area contributed by atoms with E-state index in [4.69, 9.17) is 15.6 Å². The molecule has 0 amide bonds. The van der Waals surface area contributed by atoms with Crippen LogP contribution in [-0.2, 0) is 0 Å². The van der Waals surface area contributed by atoms with Crippen molar-refractivity contribution in [3.05, 3.63) is 30.3 Å². The van der Waals surface area contributed by atoms with Crippen LogP contribution in [0.3, 0.4) is 0 Å². The maximum Gasteiger partial charge on any atom is 0.262 e. The number of furan rings is 1. The first kappa shape index (κ1) is 9.72. The number of carbonyl (C=O) groups is 1. The lowest BCUT2D eigenvalue weighted by atomic mass is 10.3. The van der Waals surface area contributed by atoms with Gasteiger partial charge in [0.05, 0.1) is 0 Å². The van der Waals surface area contributed by atoms with Gasteiger partial charge in [-0.05, 0) is 23.9 Å². The third-order valence-electron chi connectivity index (χ3n) is 1.72. The van der Waals surface area contributed by atoms with Gasteiger partial charge in [0.15, 0.2) is 10.9 Å². The lowest BCUT2D eigenvalue weighted by Gasteiger charge is -1.92. The van der Waals surface area contributed by atoms with Crippen LogP contribution in [0.25, 0.3) is 11.0 Å². The fourth-order valence-electron chi connectivity index (χ4n) is 1.14. The zero-order chi connectivity index (χ0) is 10.8. The predicted octanol–water partition coefficient (Wildman–Crippen LogP) is 1.59. The van der Waals surface area contributed by atoms with E-state index < -0.39 is 0 Å². The number of amidine groups is 1. The Bertz CT molecular complexity index is 502. The van der Waals surface area contributed by atoms with Crippen LogP contribution in [0.5, 0.6) is 0 Å². The van der Waals surface area contributed by atoms with Crippen molar-refractivity contribution in [2.75, 3.05) is 0 Å². The van der Waals surface area contributed by atoms with E-state index >= 15 is 0 Å². The summed E-state index contributed by atoms with van der Waals surface area (Å²) in [7, 11) is 0. The van der Waals surface area contributed by atoms with Gasteiger partial charge in [-0.25, -0.2) is 0 Å². The molecule has 0 aliphatic rings. The van der Waals surface area contributed by atoms with Crippen LogP contribution in [0.15, 0.2) is 28.9 Å². The Hall–Kier alpha value is -1.82. The maximum absolute atomic E-state index is 11.5. The molecule has 2 heterocycles. The van der Waals surface area contributed by atoms with Crippen molar-refractivity contribution in [2.24, 2.45) is 5.73 Å². The van der Waals surface area contributed by atoms with Gasteiger partial charge in [-0.1, -0.05) is 0 Å². The number of nitrogens with zero attached hydrogens (tertiary/aromatic N) is 1. The predicted molar refractivity (Wildman–Crippen MR) is 57.8 cm³/mol. The van der Waals surface area contributed by atoms with Crippen molar-refractivity contribution in [3.63, 3.8) is 0 Å². The Morgan fingerprint density at radius 2 is 2.40 bits per heavy atom. The summed E-state index contributed by atoms with van der Waals surface area (Å²) < 4.78 is 5.27. The summed E-state index contributed by atoms with van der Waals surface area (Å²) in [4.78, 5) is 15.4. The minimum Gasteiger partial charge on any atom is -0.452 e. The fraction of sp³-hybridized carbons (Fsp3) is 0. The average Bonchev–Trinajstić information content (AvgIpc) is 2.59. The number of hydrogen-bond acceptors (Lipinski definition) is 5. The van der Waals surface area contributed by atoms with Gasteiger partial charge >= 0.3 is 0 Å². The van der Waals surface area contributed by atoms with Crippen molar-refractivity contribution in [3.8, 4) is 0 Å². The summed E-state index contributed by atoms with van der Waals surface area (Å²) in [5.41, 5.74) is 5.69. The molecular formula is C9H7N3O2S. The molecule has 0 aliphatic heterocycles. The zero-order valence-electron chi connectivity index (χ0n) is 7.56. The Labute approximate surface area is 89.2 Å². The van der Waals surface area contributed by atoms with Gasteiger partial charge in [0, 0.05) is 17.8 Å².